The number of aromatic nitrogens is 3. The monoisotopic (exact) mass is 158 g/mol. The van der Waals surface area contributed by atoms with Gasteiger partial charge in [0.05, 0.1) is 21.1 Å². The topological polar surface area (TPSA) is 13.7 Å². The van der Waals surface area contributed by atoms with Gasteiger partial charge in [-0.15, -0.1) is 4.68 Å². The van der Waals surface area contributed by atoms with E-state index in [9.17, 15) is 0 Å². The minimum atomic E-state index is 0.847. The van der Waals surface area contributed by atoms with Gasteiger partial charge in [-0.2, -0.15) is 4.68 Å². The summed E-state index contributed by atoms with van der Waals surface area (Å²) in [6.45, 7) is 2.04. The van der Waals surface area contributed by atoms with E-state index in [0.717, 1.165) is 10.6 Å². The Morgan fingerprint density at radius 3 is 1.90 bits per heavy atom. The Balaban J connectivity index is 3.60. The summed E-state index contributed by atoms with van der Waals surface area (Å²) in [4.78, 5) is 0. The van der Waals surface area contributed by atoms with Crippen LogP contribution in [0.25, 0.3) is 0 Å². The van der Waals surface area contributed by atoms with Crippen molar-refractivity contribution >= 4 is 12.2 Å². The van der Waals surface area contributed by atoms with Gasteiger partial charge in [-0.3, -0.25) is 0 Å². The molecule has 56 valence electrons. The molecule has 0 unspecified atom stereocenters. The lowest BCUT2D eigenvalue weighted by atomic mass is 10.7. The lowest BCUT2D eigenvalue weighted by molar-refractivity contribution is -0.685. The molecule has 0 aliphatic rings. The summed E-state index contributed by atoms with van der Waals surface area (Å²) >= 11 is 5.11. The molecule has 0 fully saturated rings. The van der Waals surface area contributed by atoms with Crippen molar-refractivity contribution in [1.29, 1.82) is 0 Å². The molecule has 0 radical (unpaired) electrons. The van der Waals surface area contributed by atoms with Gasteiger partial charge < -0.3 is 0 Å². The molecule has 0 saturated heterocycles. The van der Waals surface area contributed by atoms with E-state index in [1.54, 1.807) is 0 Å². The van der Waals surface area contributed by atoms with Gasteiger partial charge in [0.1, 0.15) is 0 Å². The number of hydrogen-bond donors (Lipinski definition) is 0. The van der Waals surface area contributed by atoms with Crippen molar-refractivity contribution < 1.29 is 4.57 Å². The largest absolute Gasteiger partial charge is 0.325 e. The first-order valence-corrected chi connectivity index (χ1v) is 3.55. The van der Waals surface area contributed by atoms with Crippen LogP contribution in [0.3, 0.4) is 0 Å². The van der Waals surface area contributed by atoms with Crippen LogP contribution in [-0.4, -0.2) is 9.36 Å². The van der Waals surface area contributed by atoms with Crippen molar-refractivity contribution in [3.05, 3.63) is 10.6 Å². The fourth-order valence-electron chi connectivity index (χ4n) is 0.918. The van der Waals surface area contributed by atoms with Gasteiger partial charge in [0.25, 0.3) is 0 Å². The molecule has 1 rings (SSSR count). The van der Waals surface area contributed by atoms with Crippen LogP contribution in [0.4, 0.5) is 0 Å². The van der Waals surface area contributed by atoms with Crippen molar-refractivity contribution in [3.8, 4) is 0 Å². The molecule has 0 aliphatic heterocycles. The fraction of sp³-hybridized carbons (Fsp3) is 0.667. The van der Waals surface area contributed by atoms with E-state index in [4.69, 9.17) is 12.2 Å². The molecule has 0 bridgehead atoms. The second-order valence-corrected chi connectivity index (χ2v) is 2.80. The molecular weight excluding hydrogens is 146 g/mol. The van der Waals surface area contributed by atoms with Crippen molar-refractivity contribution in [2.24, 2.45) is 21.1 Å². The first kappa shape index (κ1) is 7.47. The molecule has 0 aromatic carbocycles. The van der Waals surface area contributed by atoms with Crippen LogP contribution in [0.1, 0.15) is 5.82 Å². The van der Waals surface area contributed by atoms with Gasteiger partial charge in [0.2, 0.25) is 5.82 Å². The van der Waals surface area contributed by atoms with Crippen molar-refractivity contribution in [2.45, 2.75) is 6.92 Å². The maximum atomic E-state index is 5.11. The Kier molecular flexibility index (Phi) is 1.64. The van der Waals surface area contributed by atoms with Gasteiger partial charge in [-0.25, -0.2) is 4.57 Å². The SMILES string of the molecule is Cc1n(C)n(C)c(=S)[n+]1C. The summed E-state index contributed by atoms with van der Waals surface area (Å²) in [6, 6.07) is 0. The minimum absolute atomic E-state index is 0.847. The van der Waals surface area contributed by atoms with Gasteiger partial charge in [0, 0.05) is 6.92 Å². The van der Waals surface area contributed by atoms with Crippen LogP contribution in [0, 0.1) is 11.7 Å². The van der Waals surface area contributed by atoms with E-state index >= 15 is 0 Å². The molecule has 3 nitrogen and oxygen atoms in total. The zero-order chi connectivity index (χ0) is 7.89. The zero-order valence-electron chi connectivity index (χ0n) is 6.75. The third-order valence-electron chi connectivity index (χ3n) is 1.97. The molecule has 0 aliphatic carbocycles. The first-order valence-electron chi connectivity index (χ1n) is 3.14. The standard InChI is InChI=1S/C6H12N3S/c1-5-7(2)6(10)9(4)8(5)3/h1-4H3/q+1. The third kappa shape index (κ3) is 0.794. The van der Waals surface area contributed by atoms with E-state index in [0.29, 0.717) is 0 Å². The first-order chi connectivity index (χ1) is 4.55. The molecule has 0 spiro atoms. The van der Waals surface area contributed by atoms with Gasteiger partial charge >= 0.3 is 4.77 Å². The summed E-state index contributed by atoms with van der Waals surface area (Å²) < 4.78 is 6.78. The van der Waals surface area contributed by atoms with Crippen molar-refractivity contribution in [1.82, 2.24) is 9.36 Å². The van der Waals surface area contributed by atoms with E-state index in [-0.39, 0.29) is 0 Å². The van der Waals surface area contributed by atoms with E-state index < -0.39 is 0 Å². The van der Waals surface area contributed by atoms with Crippen LogP contribution in [0.5, 0.6) is 0 Å². The molecule has 0 N–H and O–H groups in total. The molecule has 1 heterocycles. The van der Waals surface area contributed by atoms with E-state index in [1.807, 2.05) is 42.0 Å². The van der Waals surface area contributed by atoms with Crippen molar-refractivity contribution in [2.75, 3.05) is 0 Å². The predicted octanol–water partition coefficient (Wildman–Crippen LogP) is 0.226. The summed E-state index contributed by atoms with van der Waals surface area (Å²) in [5, 5.41) is 0. The summed E-state index contributed by atoms with van der Waals surface area (Å²) in [5.74, 6) is 1.16. The summed E-state index contributed by atoms with van der Waals surface area (Å²) in [5.41, 5.74) is 0. The molecular formula is C6H12N3S+. The summed E-state index contributed by atoms with van der Waals surface area (Å²) in [7, 11) is 5.91. The second-order valence-electron chi connectivity index (χ2n) is 2.44. The van der Waals surface area contributed by atoms with Crippen LogP contribution in [0.2, 0.25) is 0 Å². The van der Waals surface area contributed by atoms with Crippen LogP contribution in [-0.2, 0) is 21.1 Å². The van der Waals surface area contributed by atoms with E-state index in [2.05, 4.69) is 0 Å². The molecule has 1 aromatic heterocycles. The fourth-order valence-corrected chi connectivity index (χ4v) is 1.17. The third-order valence-corrected chi connectivity index (χ3v) is 2.51. The summed E-state index contributed by atoms with van der Waals surface area (Å²) in [6.07, 6.45) is 0. The van der Waals surface area contributed by atoms with Gasteiger partial charge in [0.15, 0.2) is 0 Å². The minimum Gasteiger partial charge on any atom is -0.225 e. The average Bonchev–Trinajstić information content (AvgIpc) is 2.07. The zero-order valence-corrected chi connectivity index (χ0v) is 7.57. The highest BCUT2D eigenvalue weighted by Crippen LogP contribution is 1.89. The van der Waals surface area contributed by atoms with Crippen molar-refractivity contribution in [3.63, 3.8) is 0 Å². The van der Waals surface area contributed by atoms with Crippen LogP contribution in [0.15, 0.2) is 0 Å². The quantitative estimate of drug-likeness (QED) is 0.389. The number of rotatable bonds is 0. The number of nitrogens with zero attached hydrogens (tertiary/aromatic N) is 3. The molecule has 0 saturated carbocycles. The lowest BCUT2D eigenvalue weighted by Crippen LogP contribution is -2.31. The maximum Gasteiger partial charge on any atom is 0.325 e. The Bertz CT molecular complexity index is 279. The van der Waals surface area contributed by atoms with E-state index in [1.165, 1.54) is 0 Å². The van der Waals surface area contributed by atoms with Crippen LogP contribution >= 0.6 is 12.2 Å². The number of hydrogen-bond acceptors (Lipinski definition) is 1. The molecule has 0 atom stereocenters. The predicted molar refractivity (Wildman–Crippen MR) is 41.1 cm³/mol. The highest BCUT2D eigenvalue weighted by molar-refractivity contribution is 7.71. The molecule has 0 amide bonds. The average molecular weight is 158 g/mol. The normalized spacial score (nSPS) is 10.4. The maximum absolute atomic E-state index is 5.11. The Hall–Kier alpha value is -0.640. The smallest absolute Gasteiger partial charge is 0.225 e. The second kappa shape index (κ2) is 2.20. The lowest BCUT2D eigenvalue weighted by Gasteiger charge is -1.88. The Morgan fingerprint density at radius 2 is 1.80 bits per heavy atom. The highest BCUT2D eigenvalue weighted by atomic mass is 32.1. The molecule has 1 aromatic rings. The van der Waals surface area contributed by atoms with Gasteiger partial charge in [-0.05, 0) is 12.2 Å². The Labute approximate surface area is 65.5 Å². The molecule has 4 heteroatoms. The Morgan fingerprint density at radius 1 is 1.30 bits per heavy atom. The highest BCUT2D eigenvalue weighted by Gasteiger charge is 2.10. The van der Waals surface area contributed by atoms with Gasteiger partial charge in [-0.1, -0.05) is 0 Å². The van der Waals surface area contributed by atoms with Crippen LogP contribution < -0.4 is 4.57 Å². The molecule has 10 heavy (non-hydrogen) atoms.